The van der Waals surface area contributed by atoms with Gasteiger partial charge < -0.3 is 9.90 Å². The summed E-state index contributed by atoms with van der Waals surface area (Å²) in [7, 11) is 0. The van der Waals surface area contributed by atoms with Crippen LogP contribution in [0.25, 0.3) is 0 Å². The molecule has 0 spiro atoms. The van der Waals surface area contributed by atoms with Gasteiger partial charge in [0.15, 0.2) is 0 Å². The van der Waals surface area contributed by atoms with Gasteiger partial charge in [-0.05, 0) is 12.8 Å². The minimum atomic E-state index is -0.663. The van der Waals surface area contributed by atoms with Crippen LogP contribution < -0.4 is 0 Å². The van der Waals surface area contributed by atoms with Crippen molar-refractivity contribution >= 4 is 12.3 Å². The van der Waals surface area contributed by atoms with E-state index < -0.39 is 5.97 Å². The van der Waals surface area contributed by atoms with E-state index >= 15 is 0 Å². The third-order valence-electron chi connectivity index (χ3n) is 3.92. The molecule has 0 aromatic carbocycles. The molecule has 0 saturated carbocycles. The van der Waals surface area contributed by atoms with Gasteiger partial charge in [-0.25, -0.2) is 0 Å². The van der Waals surface area contributed by atoms with E-state index in [4.69, 9.17) is 5.11 Å². The van der Waals surface area contributed by atoms with Gasteiger partial charge in [0, 0.05) is 12.8 Å². The molecule has 138 valence electrons. The Balaban J connectivity index is 0. The second kappa shape index (κ2) is 23.4. The fraction of sp³-hybridized carbons (Fsp3) is 0.900. The highest BCUT2D eigenvalue weighted by molar-refractivity contribution is 5.66. The third kappa shape index (κ3) is 29.7. The second-order valence-electron chi connectivity index (χ2n) is 6.34. The first-order chi connectivity index (χ1) is 11.2. The lowest BCUT2D eigenvalue weighted by atomic mass is 10.1. The summed E-state index contributed by atoms with van der Waals surface area (Å²) in [5, 5.41) is 8.35. The van der Waals surface area contributed by atoms with Crippen LogP contribution >= 0.6 is 0 Å². The SMILES string of the molecule is CCCCCCCCCC(=O)O.CCCCCCCCCC=O. The fourth-order valence-electron chi connectivity index (χ4n) is 2.42. The van der Waals surface area contributed by atoms with Crippen molar-refractivity contribution in [1.29, 1.82) is 0 Å². The Morgan fingerprint density at radius 1 is 0.696 bits per heavy atom. The highest BCUT2D eigenvalue weighted by Crippen LogP contribution is 2.08. The molecule has 0 aromatic rings. The Morgan fingerprint density at radius 2 is 1.09 bits per heavy atom. The highest BCUT2D eigenvalue weighted by Gasteiger charge is 1.95. The smallest absolute Gasteiger partial charge is 0.303 e. The van der Waals surface area contributed by atoms with Crippen LogP contribution in [-0.4, -0.2) is 17.4 Å². The van der Waals surface area contributed by atoms with Crippen LogP contribution in [0.3, 0.4) is 0 Å². The number of unbranched alkanes of at least 4 members (excludes halogenated alkanes) is 13. The van der Waals surface area contributed by atoms with Crippen molar-refractivity contribution in [3.8, 4) is 0 Å². The topological polar surface area (TPSA) is 54.4 Å². The van der Waals surface area contributed by atoms with Crippen molar-refractivity contribution in [2.24, 2.45) is 0 Å². The van der Waals surface area contributed by atoms with Crippen molar-refractivity contribution < 1.29 is 14.7 Å². The number of carbonyl (C=O) groups excluding carboxylic acids is 1. The predicted molar refractivity (Wildman–Crippen MR) is 98.9 cm³/mol. The summed E-state index contributed by atoms with van der Waals surface area (Å²) in [4.78, 5) is 20.1. The lowest BCUT2D eigenvalue weighted by molar-refractivity contribution is -0.137. The molecule has 0 aliphatic rings. The van der Waals surface area contributed by atoms with E-state index in [-0.39, 0.29) is 0 Å². The van der Waals surface area contributed by atoms with Crippen LogP contribution in [0.15, 0.2) is 0 Å². The van der Waals surface area contributed by atoms with E-state index in [2.05, 4.69) is 13.8 Å². The zero-order valence-corrected chi connectivity index (χ0v) is 15.7. The minimum Gasteiger partial charge on any atom is -0.481 e. The van der Waals surface area contributed by atoms with Gasteiger partial charge in [-0.1, -0.05) is 90.9 Å². The molecule has 3 heteroatoms. The molecule has 0 fully saturated rings. The van der Waals surface area contributed by atoms with E-state index in [1.54, 1.807) is 0 Å². The monoisotopic (exact) mass is 328 g/mol. The standard InChI is InChI=1S/C10H20O2.C10H20O/c1-2-3-4-5-6-7-8-9-10(11)12;1-2-3-4-5-6-7-8-9-10-11/h2-9H2,1H3,(H,11,12);10H,2-9H2,1H3. The molecule has 0 aliphatic heterocycles. The van der Waals surface area contributed by atoms with Gasteiger partial charge >= 0.3 is 5.97 Å². The van der Waals surface area contributed by atoms with Gasteiger partial charge in [0.25, 0.3) is 0 Å². The number of hydrogen-bond donors (Lipinski definition) is 1. The highest BCUT2D eigenvalue weighted by atomic mass is 16.4. The molecule has 1 N–H and O–H groups in total. The number of aldehydes is 1. The maximum Gasteiger partial charge on any atom is 0.303 e. The summed E-state index contributed by atoms with van der Waals surface area (Å²) in [5.41, 5.74) is 0. The van der Waals surface area contributed by atoms with Gasteiger partial charge in [0.05, 0.1) is 0 Å². The molecule has 0 unspecified atom stereocenters. The fourth-order valence-corrected chi connectivity index (χ4v) is 2.42. The number of hydrogen-bond acceptors (Lipinski definition) is 2. The average Bonchev–Trinajstić information content (AvgIpc) is 2.54. The predicted octanol–water partition coefficient (Wildman–Crippen LogP) is 6.54. The van der Waals surface area contributed by atoms with Crippen LogP contribution in [0.1, 0.15) is 117 Å². The van der Waals surface area contributed by atoms with Crippen molar-refractivity contribution in [2.75, 3.05) is 0 Å². The van der Waals surface area contributed by atoms with Crippen molar-refractivity contribution in [3.05, 3.63) is 0 Å². The first kappa shape index (κ1) is 24.4. The molecule has 0 atom stereocenters. The molecular weight excluding hydrogens is 288 g/mol. The van der Waals surface area contributed by atoms with Gasteiger partial charge in [-0.15, -0.1) is 0 Å². The molecule has 0 bridgehead atoms. The Hall–Kier alpha value is -0.860. The Morgan fingerprint density at radius 3 is 1.48 bits per heavy atom. The molecule has 0 aliphatic carbocycles. The van der Waals surface area contributed by atoms with E-state index in [0.717, 1.165) is 32.0 Å². The van der Waals surface area contributed by atoms with Crippen molar-refractivity contribution in [1.82, 2.24) is 0 Å². The van der Waals surface area contributed by atoms with Gasteiger partial charge in [-0.3, -0.25) is 4.79 Å². The third-order valence-corrected chi connectivity index (χ3v) is 3.92. The largest absolute Gasteiger partial charge is 0.481 e. The van der Waals surface area contributed by atoms with E-state index in [1.165, 1.54) is 70.6 Å². The minimum absolute atomic E-state index is 0.341. The number of carboxylic acid groups (broad SMARTS) is 1. The van der Waals surface area contributed by atoms with Gasteiger partial charge in [-0.2, -0.15) is 0 Å². The lowest BCUT2D eigenvalue weighted by Gasteiger charge is -1.98. The van der Waals surface area contributed by atoms with E-state index in [9.17, 15) is 9.59 Å². The number of aliphatic carboxylic acids is 1. The Bertz CT molecular complexity index is 239. The lowest BCUT2D eigenvalue weighted by Crippen LogP contribution is -1.93. The van der Waals surface area contributed by atoms with Crippen LogP contribution in [0.5, 0.6) is 0 Å². The van der Waals surface area contributed by atoms with Crippen LogP contribution in [-0.2, 0) is 9.59 Å². The maximum absolute atomic E-state index is 10.1. The number of rotatable bonds is 16. The molecule has 0 amide bonds. The molecule has 0 radical (unpaired) electrons. The molecule has 0 heterocycles. The van der Waals surface area contributed by atoms with Crippen LogP contribution in [0, 0.1) is 0 Å². The summed E-state index contributed by atoms with van der Waals surface area (Å²) in [5.74, 6) is -0.663. The van der Waals surface area contributed by atoms with Crippen LogP contribution in [0.2, 0.25) is 0 Å². The summed E-state index contributed by atoms with van der Waals surface area (Å²) < 4.78 is 0. The maximum atomic E-state index is 10.1. The number of carboxylic acids is 1. The van der Waals surface area contributed by atoms with E-state index in [1.807, 2.05) is 0 Å². The van der Waals surface area contributed by atoms with Crippen molar-refractivity contribution in [3.63, 3.8) is 0 Å². The summed E-state index contributed by atoms with van der Waals surface area (Å²) in [6, 6.07) is 0. The normalized spacial score (nSPS) is 10.0. The van der Waals surface area contributed by atoms with Gasteiger partial charge in [0.2, 0.25) is 0 Å². The molecular formula is C20H40O3. The quantitative estimate of drug-likeness (QED) is 0.258. The Kier molecular flexibility index (Phi) is 24.8. The zero-order valence-electron chi connectivity index (χ0n) is 15.7. The Labute approximate surface area is 144 Å². The van der Waals surface area contributed by atoms with Gasteiger partial charge in [0.1, 0.15) is 6.29 Å². The zero-order chi connectivity index (χ0) is 17.6. The van der Waals surface area contributed by atoms with Crippen LogP contribution in [0.4, 0.5) is 0 Å². The summed E-state index contributed by atoms with van der Waals surface area (Å²) >= 11 is 0. The summed E-state index contributed by atoms with van der Waals surface area (Å²) in [6.07, 6.45) is 19.5. The molecule has 3 nitrogen and oxygen atoms in total. The van der Waals surface area contributed by atoms with Crippen molar-refractivity contribution in [2.45, 2.75) is 117 Å². The second-order valence-corrected chi connectivity index (χ2v) is 6.34. The molecule has 23 heavy (non-hydrogen) atoms. The number of carbonyl (C=O) groups is 2. The van der Waals surface area contributed by atoms with E-state index in [0.29, 0.717) is 6.42 Å². The molecule has 0 saturated heterocycles. The molecule has 0 aromatic heterocycles. The average molecular weight is 329 g/mol. The molecule has 0 rings (SSSR count). The summed E-state index contributed by atoms with van der Waals surface area (Å²) in [6.45, 7) is 4.43. The first-order valence-corrected chi connectivity index (χ1v) is 9.84. The first-order valence-electron chi connectivity index (χ1n) is 9.84.